The Morgan fingerprint density at radius 1 is 1.38 bits per heavy atom. The number of allylic oxidation sites excluding steroid dienone is 1. The second kappa shape index (κ2) is 7.22. The Hall–Kier alpha value is -2.81. The van der Waals surface area contributed by atoms with Gasteiger partial charge in [-0.25, -0.2) is 4.98 Å². The molecule has 1 aromatic heterocycles. The normalized spacial score (nSPS) is 21.3. The van der Waals surface area contributed by atoms with Gasteiger partial charge in [-0.15, -0.1) is 0 Å². The molecule has 0 saturated carbocycles. The molecule has 2 aliphatic rings. The van der Waals surface area contributed by atoms with E-state index >= 15 is 0 Å². The minimum atomic E-state index is -4.49. The van der Waals surface area contributed by atoms with Gasteiger partial charge in [-0.1, -0.05) is 6.07 Å². The van der Waals surface area contributed by atoms with E-state index in [9.17, 15) is 18.0 Å². The van der Waals surface area contributed by atoms with Crippen molar-refractivity contribution in [3.63, 3.8) is 0 Å². The standard InChI is InChI=1S/C20H21F3N4O2/c1-19(6-4-16(29-19)20(21,22)23)11-27-10-17(25-12-27)26-18(28)14-2-3-15-9-24-7-5-13(15)8-14/h2-4,8,10,12,24H,5-7,9,11H2,1H3,(H,26,28). The number of hydrogen-bond donors (Lipinski definition) is 2. The van der Waals surface area contributed by atoms with Crippen LogP contribution in [0.5, 0.6) is 0 Å². The lowest BCUT2D eigenvalue weighted by atomic mass is 9.98. The molecule has 0 radical (unpaired) electrons. The maximum atomic E-state index is 12.8. The zero-order chi connectivity index (χ0) is 20.6. The fourth-order valence-corrected chi connectivity index (χ4v) is 3.63. The summed E-state index contributed by atoms with van der Waals surface area (Å²) >= 11 is 0. The average molecular weight is 406 g/mol. The Morgan fingerprint density at radius 2 is 2.21 bits per heavy atom. The molecule has 1 amide bonds. The van der Waals surface area contributed by atoms with Crippen molar-refractivity contribution < 1.29 is 22.7 Å². The zero-order valence-corrected chi connectivity index (χ0v) is 15.8. The van der Waals surface area contributed by atoms with Crippen molar-refractivity contribution in [2.24, 2.45) is 0 Å². The van der Waals surface area contributed by atoms with Crippen LogP contribution in [0.25, 0.3) is 0 Å². The highest BCUT2D eigenvalue weighted by Gasteiger charge is 2.44. The molecule has 0 bridgehead atoms. The molecule has 1 unspecified atom stereocenters. The highest BCUT2D eigenvalue weighted by Crippen LogP contribution is 2.38. The van der Waals surface area contributed by atoms with Crippen molar-refractivity contribution in [1.29, 1.82) is 0 Å². The second-order valence-corrected chi connectivity index (χ2v) is 7.62. The van der Waals surface area contributed by atoms with Gasteiger partial charge in [0, 0.05) is 24.7 Å². The summed E-state index contributed by atoms with van der Waals surface area (Å²) in [7, 11) is 0. The molecule has 0 fully saturated rings. The summed E-state index contributed by atoms with van der Waals surface area (Å²) < 4.78 is 45.1. The van der Waals surface area contributed by atoms with E-state index in [4.69, 9.17) is 4.74 Å². The summed E-state index contributed by atoms with van der Waals surface area (Å²) in [5, 5.41) is 6.02. The van der Waals surface area contributed by atoms with Gasteiger partial charge in [-0.05, 0) is 49.2 Å². The molecule has 6 nitrogen and oxygen atoms in total. The quantitative estimate of drug-likeness (QED) is 0.817. The highest BCUT2D eigenvalue weighted by molar-refractivity contribution is 6.03. The van der Waals surface area contributed by atoms with E-state index in [-0.39, 0.29) is 18.9 Å². The number of imidazole rings is 1. The van der Waals surface area contributed by atoms with Crippen LogP contribution >= 0.6 is 0 Å². The SMILES string of the molecule is CC1(Cn2cnc(NC(=O)c3ccc4c(c3)CCNC4)c2)CC=C(C(F)(F)F)O1. The fraction of sp³-hybridized carbons (Fsp3) is 0.400. The van der Waals surface area contributed by atoms with Crippen molar-refractivity contribution in [3.8, 4) is 0 Å². The molecular formula is C20H21F3N4O2. The molecule has 4 rings (SSSR count). The van der Waals surface area contributed by atoms with E-state index in [0.717, 1.165) is 31.1 Å². The van der Waals surface area contributed by atoms with Crippen LogP contribution in [-0.4, -0.2) is 33.8 Å². The van der Waals surface area contributed by atoms with Crippen LogP contribution in [-0.2, 0) is 24.2 Å². The molecule has 9 heteroatoms. The van der Waals surface area contributed by atoms with Crippen LogP contribution in [0.3, 0.4) is 0 Å². The summed E-state index contributed by atoms with van der Waals surface area (Å²) in [4.78, 5) is 16.7. The molecule has 154 valence electrons. The van der Waals surface area contributed by atoms with E-state index < -0.39 is 17.5 Å². The summed E-state index contributed by atoms with van der Waals surface area (Å²) in [5.41, 5.74) is 1.87. The summed E-state index contributed by atoms with van der Waals surface area (Å²) in [5.74, 6) is -0.905. The number of hydrogen-bond acceptors (Lipinski definition) is 4. The number of ether oxygens (including phenoxy) is 1. The molecule has 0 aliphatic carbocycles. The number of amides is 1. The third-order valence-electron chi connectivity index (χ3n) is 5.10. The largest absolute Gasteiger partial charge is 0.481 e. The number of rotatable bonds is 4. The van der Waals surface area contributed by atoms with Crippen molar-refractivity contribution in [3.05, 3.63) is 59.2 Å². The lowest BCUT2D eigenvalue weighted by molar-refractivity contribution is -0.147. The van der Waals surface area contributed by atoms with Crippen molar-refractivity contribution in [2.75, 3.05) is 11.9 Å². The van der Waals surface area contributed by atoms with Crippen molar-refractivity contribution in [2.45, 2.75) is 44.6 Å². The van der Waals surface area contributed by atoms with Crippen molar-refractivity contribution in [1.82, 2.24) is 14.9 Å². The van der Waals surface area contributed by atoms with Gasteiger partial charge in [0.25, 0.3) is 5.91 Å². The highest BCUT2D eigenvalue weighted by atomic mass is 19.4. The van der Waals surface area contributed by atoms with E-state index in [0.29, 0.717) is 11.4 Å². The Bertz CT molecular complexity index is 967. The Labute approximate surface area is 165 Å². The van der Waals surface area contributed by atoms with Gasteiger partial charge in [0.2, 0.25) is 0 Å². The van der Waals surface area contributed by atoms with Crippen LogP contribution in [0.2, 0.25) is 0 Å². The molecule has 0 saturated heterocycles. The van der Waals surface area contributed by atoms with Crippen molar-refractivity contribution >= 4 is 11.7 Å². The number of halogens is 3. The first-order valence-corrected chi connectivity index (χ1v) is 9.34. The number of carbonyl (C=O) groups is 1. The first-order valence-electron chi connectivity index (χ1n) is 9.34. The fourth-order valence-electron chi connectivity index (χ4n) is 3.63. The third kappa shape index (κ3) is 4.29. The average Bonchev–Trinajstić information content (AvgIpc) is 3.27. The molecule has 1 atom stereocenters. The summed E-state index contributed by atoms with van der Waals surface area (Å²) in [6, 6.07) is 5.61. The van der Waals surface area contributed by atoms with Gasteiger partial charge in [0.05, 0.1) is 12.9 Å². The minimum absolute atomic E-state index is 0.145. The molecule has 2 aromatic rings. The number of fused-ring (bicyclic) bond motifs is 1. The smallest absolute Gasteiger partial charge is 0.448 e. The molecule has 2 N–H and O–H groups in total. The Balaban J connectivity index is 1.39. The van der Waals surface area contributed by atoms with Gasteiger partial charge >= 0.3 is 6.18 Å². The predicted molar refractivity (Wildman–Crippen MR) is 100 cm³/mol. The molecule has 29 heavy (non-hydrogen) atoms. The number of aromatic nitrogens is 2. The van der Waals surface area contributed by atoms with E-state index in [1.165, 1.54) is 11.9 Å². The number of alkyl halides is 3. The topological polar surface area (TPSA) is 68.2 Å². The molecule has 2 aliphatic heterocycles. The molecule has 3 heterocycles. The lowest BCUT2D eigenvalue weighted by Crippen LogP contribution is -2.31. The minimum Gasteiger partial charge on any atom is -0.481 e. The molecule has 0 spiro atoms. The maximum absolute atomic E-state index is 12.8. The Kier molecular flexibility index (Phi) is 4.85. The monoisotopic (exact) mass is 406 g/mol. The lowest BCUT2D eigenvalue weighted by Gasteiger charge is -2.26. The summed E-state index contributed by atoms with van der Waals surface area (Å²) in [6.45, 7) is 3.47. The van der Waals surface area contributed by atoms with Crippen LogP contribution in [0.15, 0.2) is 42.6 Å². The second-order valence-electron chi connectivity index (χ2n) is 7.62. The van der Waals surface area contributed by atoms with Gasteiger partial charge in [-0.3, -0.25) is 4.79 Å². The number of carbonyl (C=O) groups excluding carboxylic acids is 1. The van der Waals surface area contributed by atoms with Crippen LogP contribution in [0.1, 0.15) is 34.8 Å². The predicted octanol–water partition coefficient (Wildman–Crippen LogP) is 3.41. The van der Waals surface area contributed by atoms with Crippen LogP contribution in [0.4, 0.5) is 19.0 Å². The van der Waals surface area contributed by atoms with E-state index in [1.54, 1.807) is 23.8 Å². The van der Waals surface area contributed by atoms with Crippen LogP contribution < -0.4 is 10.6 Å². The van der Waals surface area contributed by atoms with E-state index in [2.05, 4.69) is 15.6 Å². The number of benzene rings is 1. The number of anilines is 1. The molecule has 1 aromatic carbocycles. The van der Waals surface area contributed by atoms with Crippen LogP contribution in [0, 0.1) is 0 Å². The van der Waals surface area contributed by atoms with Gasteiger partial charge in [-0.2, -0.15) is 13.2 Å². The number of nitrogens with one attached hydrogen (secondary N) is 2. The Morgan fingerprint density at radius 3 is 2.97 bits per heavy atom. The number of nitrogens with zero attached hydrogens (tertiary/aromatic N) is 2. The van der Waals surface area contributed by atoms with E-state index in [1.807, 2.05) is 12.1 Å². The maximum Gasteiger partial charge on any atom is 0.448 e. The molecular weight excluding hydrogens is 385 g/mol. The summed E-state index contributed by atoms with van der Waals surface area (Å²) in [6.07, 6.45) is 0.639. The zero-order valence-electron chi connectivity index (χ0n) is 15.8. The van der Waals surface area contributed by atoms with Gasteiger partial charge in [0.15, 0.2) is 11.6 Å². The van der Waals surface area contributed by atoms with Gasteiger partial charge < -0.3 is 19.9 Å². The first kappa shape index (κ1) is 19.5. The first-order chi connectivity index (χ1) is 13.7. The van der Waals surface area contributed by atoms with Gasteiger partial charge in [0.1, 0.15) is 5.60 Å². The third-order valence-corrected chi connectivity index (χ3v) is 5.10.